The highest BCUT2D eigenvalue weighted by Crippen LogP contribution is 2.67. The average molecular weight is 427 g/mol. The fourth-order valence-corrected chi connectivity index (χ4v) is 8.03. The molecule has 0 amide bonds. The first-order valence-electron chi connectivity index (χ1n) is 11.4. The van der Waals surface area contributed by atoms with Gasteiger partial charge in [0.1, 0.15) is 17.5 Å². The van der Waals surface area contributed by atoms with Gasteiger partial charge in [0.2, 0.25) is 0 Å². The molecule has 4 aliphatic rings. The zero-order valence-corrected chi connectivity index (χ0v) is 19.4. The summed E-state index contributed by atoms with van der Waals surface area (Å²) >= 11 is 0. The number of aliphatic hydroxyl groups is 1. The van der Waals surface area contributed by atoms with Gasteiger partial charge in [0.25, 0.3) is 0 Å². The molecule has 0 radical (unpaired) electrons. The van der Waals surface area contributed by atoms with Gasteiger partial charge in [-0.05, 0) is 44.9 Å². The van der Waals surface area contributed by atoms with E-state index < -0.39 is 17.1 Å². The number of benzene rings is 1. The molecule has 6 nitrogen and oxygen atoms in total. The molecule has 1 spiro atoms. The summed E-state index contributed by atoms with van der Waals surface area (Å²) in [5.41, 5.74) is 1.73. The Morgan fingerprint density at radius 3 is 2.71 bits per heavy atom. The van der Waals surface area contributed by atoms with E-state index in [0.29, 0.717) is 0 Å². The molecule has 2 fully saturated rings. The van der Waals surface area contributed by atoms with Crippen molar-refractivity contribution in [2.45, 2.75) is 69.7 Å². The van der Waals surface area contributed by atoms with E-state index in [-0.39, 0.29) is 23.5 Å². The van der Waals surface area contributed by atoms with Crippen molar-refractivity contribution in [2.24, 2.45) is 5.41 Å². The van der Waals surface area contributed by atoms with Crippen molar-refractivity contribution in [3.8, 4) is 5.75 Å². The second-order valence-electron chi connectivity index (χ2n) is 10.2. The maximum Gasteiger partial charge on any atom is 0.303 e. The quantitative estimate of drug-likeness (QED) is 0.592. The minimum absolute atomic E-state index is 0.153. The van der Waals surface area contributed by atoms with Crippen LogP contribution >= 0.6 is 0 Å². The Labute approximate surface area is 184 Å². The number of nitrogens with zero attached hydrogens (tertiary/aromatic N) is 2. The highest BCUT2D eigenvalue weighted by Gasteiger charge is 2.76. The van der Waals surface area contributed by atoms with Crippen molar-refractivity contribution < 1.29 is 19.4 Å². The number of rotatable bonds is 3. The molecule has 1 saturated carbocycles. The largest absolute Gasteiger partial charge is 0.497 e. The molecule has 168 valence electrons. The SMILES string of the molecule is CCC12C=C(C)CN3CCC4(c5ccc(OC)cc5N(C)C4C(C)(O)C1OC(C)=O)C32. The van der Waals surface area contributed by atoms with E-state index in [4.69, 9.17) is 9.47 Å². The van der Waals surface area contributed by atoms with Crippen LogP contribution in [0.2, 0.25) is 0 Å². The second-order valence-corrected chi connectivity index (χ2v) is 10.2. The van der Waals surface area contributed by atoms with Gasteiger partial charge < -0.3 is 19.5 Å². The minimum Gasteiger partial charge on any atom is -0.497 e. The molecule has 3 heterocycles. The van der Waals surface area contributed by atoms with E-state index in [0.717, 1.165) is 37.4 Å². The molecule has 0 aromatic heterocycles. The van der Waals surface area contributed by atoms with Crippen LogP contribution in [0.5, 0.6) is 5.75 Å². The molecular weight excluding hydrogens is 392 g/mol. The average Bonchev–Trinajstić information content (AvgIpc) is 3.21. The Morgan fingerprint density at radius 1 is 1.32 bits per heavy atom. The third kappa shape index (κ3) is 2.38. The van der Waals surface area contributed by atoms with Gasteiger partial charge in [-0.25, -0.2) is 0 Å². The number of esters is 1. The molecule has 5 rings (SSSR count). The van der Waals surface area contributed by atoms with Crippen molar-refractivity contribution >= 4 is 11.7 Å². The molecule has 1 aromatic carbocycles. The third-order valence-corrected chi connectivity index (χ3v) is 8.57. The number of anilines is 1. The van der Waals surface area contributed by atoms with Gasteiger partial charge in [0.15, 0.2) is 0 Å². The zero-order chi connectivity index (χ0) is 22.3. The first-order valence-corrected chi connectivity index (χ1v) is 11.4. The summed E-state index contributed by atoms with van der Waals surface area (Å²) in [4.78, 5) is 17.1. The van der Waals surface area contributed by atoms with Crippen molar-refractivity contribution in [1.82, 2.24) is 4.90 Å². The van der Waals surface area contributed by atoms with Crippen LogP contribution < -0.4 is 9.64 Å². The maximum absolute atomic E-state index is 12.3. The lowest BCUT2D eigenvalue weighted by atomic mass is 9.48. The molecule has 6 atom stereocenters. The monoisotopic (exact) mass is 426 g/mol. The summed E-state index contributed by atoms with van der Waals surface area (Å²) < 4.78 is 11.6. The fourth-order valence-electron chi connectivity index (χ4n) is 8.03. The number of ether oxygens (including phenoxy) is 2. The number of likely N-dealkylation sites (N-methyl/N-ethyl adjacent to an activating group) is 1. The van der Waals surface area contributed by atoms with Gasteiger partial charge in [0.05, 0.1) is 13.2 Å². The topological polar surface area (TPSA) is 62.2 Å². The summed E-state index contributed by atoms with van der Waals surface area (Å²) in [5.74, 6) is 0.472. The number of hydrogen-bond acceptors (Lipinski definition) is 6. The van der Waals surface area contributed by atoms with Gasteiger partial charge in [-0.15, -0.1) is 0 Å². The van der Waals surface area contributed by atoms with E-state index in [9.17, 15) is 9.90 Å². The highest BCUT2D eigenvalue weighted by molar-refractivity contribution is 5.71. The highest BCUT2D eigenvalue weighted by atomic mass is 16.6. The fraction of sp³-hybridized carbons (Fsp3) is 0.640. The molecule has 31 heavy (non-hydrogen) atoms. The summed E-state index contributed by atoms with van der Waals surface area (Å²) in [7, 11) is 3.74. The molecular formula is C25H34N2O4. The molecule has 3 aliphatic heterocycles. The first-order chi connectivity index (χ1) is 14.6. The predicted molar refractivity (Wildman–Crippen MR) is 119 cm³/mol. The van der Waals surface area contributed by atoms with Gasteiger partial charge in [-0.1, -0.05) is 24.6 Å². The molecule has 6 unspecified atom stereocenters. The van der Waals surface area contributed by atoms with E-state index in [1.807, 2.05) is 13.0 Å². The summed E-state index contributed by atoms with van der Waals surface area (Å²) in [6.45, 7) is 9.54. The Kier molecular flexibility index (Phi) is 4.36. The van der Waals surface area contributed by atoms with E-state index in [2.05, 4.69) is 48.9 Å². The molecule has 1 aromatic rings. The van der Waals surface area contributed by atoms with Crippen LogP contribution in [0.1, 0.15) is 46.1 Å². The van der Waals surface area contributed by atoms with Crippen LogP contribution in [0.25, 0.3) is 0 Å². The van der Waals surface area contributed by atoms with Crippen molar-refractivity contribution in [3.05, 3.63) is 35.4 Å². The Hall–Kier alpha value is -2.05. The van der Waals surface area contributed by atoms with E-state index >= 15 is 0 Å². The molecule has 0 bridgehead atoms. The molecule has 1 aliphatic carbocycles. The lowest BCUT2D eigenvalue weighted by Gasteiger charge is -2.64. The van der Waals surface area contributed by atoms with Crippen molar-refractivity contribution in [1.29, 1.82) is 0 Å². The molecule has 6 heteroatoms. The Morgan fingerprint density at radius 2 is 2.06 bits per heavy atom. The van der Waals surface area contributed by atoms with Gasteiger partial charge in [-0.2, -0.15) is 0 Å². The van der Waals surface area contributed by atoms with Crippen LogP contribution in [-0.4, -0.2) is 67.0 Å². The summed E-state index contributed by atoms with van der Waals surface area (Å²) in [6.07, 6.45) is 3.46. The number of methoxy groups -OCH3 is 1. The number of hydrogen-bond donors (Lipinski definition) is 1. The standard InChI is InChI=1S/C25H34N2O4/c1-7-24-13-15(2)14-27-11-10-25(21(24)27)18-9-8-17(30-6)12-19(18)26(5)20(25)23(4,29)22(24)31-16(3)28/h8-9,12-13,20-22,29H,7,10-11,14H2,1-6H3. The van der Waals surface area contributed by atoms with Crippen molar-refractivity contribution in [3.63, 3.8) is 0 Å². The van der Waals surface area contributed by atoms with Gasteiger partial charge in [-0.3, -0.25) is 9.69 Å². The number of carbonyl (C=O) groups is 1. The van der Waals surface area contributed by atoms with Crippen LogP contribution in [0, 0.1) is 5.41 Å². The lowest BCUT2D eigenvalue weighted by molar-refractivity contribution is -0.213. The predicted octanol–water partition coefficient (Wildman–Crippen LogP) is 2.88. The van der Waals surface area contributed by atoms with Crippen LogP contribution in [-0.2, 0) is 14.9 Å². The third-order valence-electron chi connectivity index (χ3n) is 8.57. The van der Waals surface area contributed by atoms with E-state index in [1.165, 1.54) is 18.1 Å². The van der Waals surface area contributed by atoms with Gasteiger partial charge >= 0.3 is 5.97 Å². The first kappa shape index (κ1) is 20.8. The Bertz CT molecular complexity index is 972. The van der Waals surface area contributed by atoms with E-state index in [1.54, 1.807) is 7.11 Å². The summed E-state index contributed by atoms with van der Waals surface area (Å²) in [5, 5.41) is 12.3. The molecule has 1 saturated heterocycles. The minimum atomic E-state index is -1.23. The van der Waals surface area contributed by atoms with Crippen molar-refractivity contribution in [2.75, 3.05) is 32.1 Å². The second kappa shape index (κ2) is 6.48. The van der Waals surface area contributed by atoms with Crippen LogP contribution in [0.4, 0.5) is 5.69 Å². The zero-order valence-electron chi connectivity index (χ0n) is 19.4. The summed E-state index contributed by atoms with van der Waals surface area (Å²) in [6, 6.07) is 6.27. The lowest BCUT2D eigenvalue weighted by Crippen LogP contribution is -2.78. The van der Waals surface area contributed by atoms with Gasteiger partial charge in [0, 0.05) is 49.1 Å². The number of fused-ring (bicyclic) bond motifs is 1. The smallest absolute Gasteiger partial charge is 0.303 e. The number of carbonyl (C=O) groups excluding carboxylic acids is 1. The van der Waals surface area contributed by atoms with Crippen LogP contribution in [0.15, 0.2) is 29.8 Å². The van der Waals surface area contributed by atoms with Crippen LogP contribution in [0.3, 0.4) is 0 Å². The normalized spacial score (nSPS) is 40.7. The molecule has 1 N–H and O–H groups in total. The maximum atomic E-state index is 12.3. The Balaban J connectivity index is 1.82.